The van der Waals surface area contributed by atoms with Gasteiger partial charge < -0.3 is 15.5 Å². The maximum absolute atomic E-state index is 5.72. The number of nitrogens with zero attached hydrogens (tertiary/aromatic N) is 1. The van der Waals surface area contributed by atoms with Gasteiger partial charge in [-0.25, -0.2) is 4.98 Å². The SMILES string of the molecule is COc1ccc2nc([C@@H](C)N)[nH]c2c1. The number of benzene rings is 1. The number of hydrogen-bond acceptors (Lipinski definition) is 3. The third-order valence-corrected chi connectivity index (χ3v) is 2.14. The van der Waals surface area contributed by atoms with E-state index in [0.29, 0.717) is 0 Å². The summed E-state index contributed by atoms with van der Waals surface area (Å²) in [4.78, 5) is 7.51. The van der Waals surface area contributed by atoms with Gasteiger partial charge in [0.1, 0.15) is 11.6 Å². The summed E-state index contributed by atoms with van der Waals surface area (Å²) >= 11 is 0. The first-order chi connectivity index (χ1) is 6.70. The molecule has 0 radical (unpaired) electrons. The van der Waals surface area contributed by atoms with Gasteiger partial charge in [-0.1, -0.05) is 0 Å². The van der Waals surface area contributed by atoms with E-state index in [-0.39, 0.29) is 6.04 Å². The molecule has 74 valence electrons. The van der Waals surface area contributed by atoms with Gasteiger partial charge in [-0.2, -0.15) is 0 Å². The summed E-state index contributed by atoms with van der Waals surface area (Å²) in [5.41, 5.74) is 7.59. The van der Waals surface area contributed by atoms with Gasteiger partial charge in [-0.05, 0) is 19.1 Å². The smallest absolute Gasteiger partial charge is 0.123 e. The van der Waals surface area contributed by atoms with Crippen molar-refractivity contribution in [2.45, 2.75) is 13.0 Å². The molecule has 2 aromatic rings. The molecular formula is C10H13N3O. The zero-order chi connectivity index (χ0) is 10.1. The fourth-order valence-corrected chi connectivity index (χ4v) is 1.35. The summed E-state index contributed by atoms with van der Waals surface area (Å²) in [5.74, 6) is 1.62. The van der Waals surface area contributed by atoms with Crippen LogP contribution in [-0.4, -0.2) is 17.1 Å². The number of aromatic nitrogens is 2. The lowest BCUT2D eigenvalue weighted by Gasteiger charge is -1.97. The Bertz CT molecular complexity index is 448. The molecular weight excluding hydrogens is 178 g/mol. The van der Waals surface area contributed by atoms with E-state index in [1.165, 1.54) is 0 Å². The second-order valence-corrected chi connectivity index (χ2v) is 3.29. The van der Waals surface area contributed by atoms with Gasteiger partial charge in [-0.3, -0.25) is 0 Å². The summed E-state index contributed by atoms with van der Waals surface area (Å²) in [6.07, 6.45) is 0. The van der Waals surface area contributed by atoms with Crippen molar-refractivity contribution in [1.82, 2.24) is 9.97 Å². The third-order valence-electron chi connectivity index (χ3n) is 2.14. The zero-order valence-corrected chi connectivity index (χ0v) is 8.24. The maximum atomic E-state index is 5.72. The number of hydrogen-bond donors (Lipinski definition) is 2. The molecule has 0 amide bonds. The molecule has 0 aliphatic rings. The number of rotatable bonds is 2. The lowest BCUT2D eigenvalue weighted by molar-refractivity contribution is 0.415. The molecule has 1 aromatic heterocycles. The van der Waals surface area contributed by atoms with E-state index < -0.39 is 0 Å². The maximum Gasteiger partial charge on any atom is 0.123 e. The van der Waals surface area contributed by atoms with Crippen molar-refractivity contribution >= 4 is 11.0 Å². The number of H-pyrrole nitrogens is 1. The Morgan fingerprint density at radius 1 is 1.50 bits per heavy atom. The van der Waals surface area contributed by atoms with Crippen molar-refractivity contribution in [3.05, 3.63) is 24.0 Å². The molecule has 4 heteroatoms. The van der Waals surface area contributed by atoms with Gasteiger partial charge >= 0.3 is 0 Å². The van der Waals surface area contributed by atoms with Crippen molar-refractivity contribution in [3.63, 3.8) is 0 Å². The van der Waals surface area contributed by atoms with Crippen LogP contribution < -0.4 is 10.5 Å². The van der Waals surface area contributed by atoms with Crippen LogP contribution in [0, 0.1) is 0 Å². The van der Waals surface area contributed by atoms with Crippen LogP contribution in [0.25, 0.3) is 11.0 Å². The molecule has 1 heterocycles. The van der Waals surface area contributed by atoms with Gasteiger partial charge in [0.15, 0.2) is 0 Å². The lowest BCUT2D eigenvalue weighted by atomic mass is 10.3. The predicted molar refractivity (Wildman–Crippen MR) is 55.2 cm³/mol. The Hall–Kier alpha value is -1.55. The molecule has 1 atom stereocenters. The number of aromatic amines is 1. The topological polar surface area (TPSA) is 63.9 Å². The van der Waals surface area contributed by atoms with E-state index in [1.807, 2.05) is 25.1 Å². The van der Waals surface area contributed by atoms with E-state index in [1.54, 1.807) is 7.11 Å². The van der Waals surface area contributed by atoms with Crippen LogP contribution >= 0.6 is 0 Å². The Morgan fingerprint density at radius 3 is 2.93 bits per heavy atom. The Labute approximate surface area is 82.1 Å². The lowest BCUT2D eigenvalue weighted by Crippen LogP contribution is -2.06. The highest BCUT2D eigenvalue weighted by Gasteiger charge is 2.06. The largest absolute Gasteiger partial charge is 0.497 e. The second kappa shape index (κ2) is 3.31. The van der Waals surface area contributed by atoms with Crippen molar-refractivity contribution in [2.75, 3.05) is 7.11 Å². The molecule has 0 saturated heterocycles. The highest BCUT2D eigenvalue weighted by atomic mass is 16.5. The number of fused-ring (bicyclic) bond motifs is 1. The third kappa shape index (κ3) is 1.44. The Balaban J connectivity index is 2.54. The van der Waals surface area contributed by atoms with Crippen LogP contribution in [0.3, 0.4) is 0 Å². The van der Waals surface area contributed by atoms with Gasteiger partial charge in [0.25, 0.3) is 0 Å². The van der Waals surface area contributed by atoms with Crippen LogP contribution in [-0.2, 0) is 0 Å². The molecule has 2 rings (SSSR count). The Morgan fingerprint density at radius 2 is 2.29 bits per heavy atom. The number of ether oxygens (including phenoxy) is 1. The molecule has 0 fully saturated rings. The van der Waals surface area contributed by atoms with Crippen molar-refractivity contribution in [1.29, 1.82) is 0 Å². The van der Waals surface area contributed by atoms with Crippen LogP contribution in [0.2, 0.25) is 0 Å². The summed E-state index contributed by atoms with van der Waals surface area (Å²) in [6.45, 7) is 1.90. The normalized spacial score (nSPS) is 13.1. The van der Waals surface area contributed by atoms with Crippen LogP contribution in [0.1, 0.15) is 18.8 Å². The van der Waals surface area contributed by atoms with Gasteiger partial charge in [0.2, 0.25) is 0 Å². The number of nitrogens with two attached hydrogens (primary N) is 1. The predicted octanol–water partition coefficient (Wildman–Crippen LogP) is 1.59. The van der Waals surface area contributed by atoms with Gasteiger partial charge in [0.05, 0.1) is 24.2 Å². The number of methoxy groups -OCH3 is 1. The molecule has 0 bridgehead atoms. The molecule has 3 N–H and O–H groups in total. The molecule has 0 spiro atoms. The highest BCUT2D eigenvalue weighted by molar-refractivity contribution is 5.76. The summed E-state index contributed by atoms with van der Waals surface area (Å²) in [7, 11) is 1.64. The first-order valence-corrected chi connectivity index (χ1v) is 4.50. The summed E-state index contributed by atoms with van der Waals surface area (Å²) in [6, 6.07) is 5.63. The zero-order valence-electron chi connectivity index (χ0n) is 8.24. The Kier molecular flexibility index (Phi) is 2.13. The summed E-state index contributed by atoms with van der Waals surface area (Å²) in [5, 5.41) is 0. The minimum Gasteiger partial charge on any atom is -0.497 e. The molecule has 0 aliphatic heterocycles. The van der Waals surface area contributed by atoms with Crippen molar-refractivity contribution in [2.24, 2.45) is 5.73 Å². The minimum atomic E-state index is -0.0756. The minimum absolute atomic E-state index is 0.0756. The molecule has 0 aliphatic carbocycles. The molecule has 14 heavy (non-hydrogen) atoms. The van der Waals surface area contributed by atoms with Gasteiger partial charge in [-0.15, -0.1) is 0 Å². The van der Waals surface area contributed by atoms with Crippen molar-refractivity contribution < 1.29 is 4.74 Å². The average Bonchev–Trinajstić information content (AvgIpc) is 2.59. The quantitative estimate of drug-likeness (QED) is 0.757. The van der Waals surface area contributed by atoms with E-state index in [9.17, 15) is 0 Å². The number of imidazole rings is 1. The molecule has 1 aromatic carbocycles. The van der Waals surface area contributed by atoms with E-state index in [2.05, 4.69) is 9.97 Å². The average molecular weight is 191 g/mol. The highest BCUT2D eigenvalue weighted by Crippen LogP contribution is 2.20. The van der Waals surface area contributed by atoms with E-state index in [0.717, 1.165) is 22.6 Å². The fraction of sp³-hybridized carbons (Fsp3) is 0.300. The second-order valence-electron chi connectivity index (χ2n) is 3.29. The molecule has 0 unspecified atom stereocenters. The van der Waals surface area contributed by atoms with Crippen LogP contribution in [0.4, 0.5) is 0 Å². The van der Waals surface area contributed by atoms with Crippen LogP contribution in [0.15, 0.2) is 18.2 Å². The first kappa shape index (κ1) is 9.02. The molecule has 0 saturated carbocycles. The van der Waals surface area contributed by atoms with Crippen LogP contribution in [0.5, 0.6) is 5.75 Å². The fourth-order valence-electron chi connectivity index (χ4n) is 1.35. The number of nitrogens with one attached hydrogen (secondary N) is 1. The van der Waals surface area contributed by atoms with E-state index >= 15 is 0 Å². The standard InChI is InChI=1S/C10H13N3O/c1-6(11)10-12-8-4-3-7(14-2)5-9(8)13-10/h3-6H,11H2,1-2H3,(H,12,13)/t6-/m1/s1. The van der Waals surface area contributed by atoms with Gasteiger partial charge in [0, 0.05) is 6.07 Å². The molecule has 4 nitrogen and oxygen atoms in total. The van der Waals surface area contributed by atoms with E-state index in [4.69, 9.17) is 10.5 Å². The first-order valence-electron chi connectivity index (χ1n) is 4.50. The monoisotopic (exact) mass is 191 g/mol. The van der Waals surface area contributed by atoms with Crippen molar-refractivity contribution in [3.8, 4) is 5.75 Å². The summed E-state index contributed by atoms with van der Waals surface area (Å²) < 4.78 is 5.11.